The molecule has 0 N–H and O–H groups in total. The van der Waals surface area contributed by atoms with Crippen molar-refractivity contribution in [3.8, 4) is 17.2 Å². The van der Waals surface area contributed by atoms with Gasteiger partial charge in [-0.1, -0.05) is 48.2 Å². The molecule has 31 heavy (non-hydrogen) atoms. The number of benzene rings is 2. The average molecular weight is 476 g/mol. The summed E-state index contributed by atoms with van der Waals surface area (Å²) in [6.07, 6.45) is 3.38. The van der Waals surface area contributed by atoms with E-state index < -0.39 is 0 Å². The number of anilines is 1. The smallest absolute Gasteiger partial charge is 0.270 e. The lowest BCUT2D eigenvalue weighted by Crippen LogP contribution is -2.27. The molecule has 162 valence electrons. The van der Waals surface area contributed by atoms with Crippen molar-refractivity contribution in [1.82, 2.24) is 0 Å². The van der Waals surface area contributed by atoms with Crippen LogP contribution >= 0.6 is 35.6 Å². The number of ether oxygens (including phenoxy) is 3. The first-order valence-electron chi connectivity index (χ1n) is 9.69. The van der Waals surface area contributed by atoms with E-state index in [1.165, 1.54) is 16.7 Å². The molecule has 0 spiro atoms. The van der Waals surface area contributed by atoms with Gasteiger partial charge < -0.3 is 14.2 Å². The molecule has 1 amide bonds. The van der Waals surface area contributed by atoms with Crippen LogP contribution in [-0.4, -0.2) is 30.0 Å². The Hall–Kier alpha value is -2.48. The molecule has 1 aliphatic heterocycles. The Labute approximate surface area is 196 Å². The molecule has 2 aromatic carbocycles. The van der Waals surface area contributed by atoms with Gasteiger partial charge in [0.1, 0.15) is 12.4 Å². The molecule has 0 saturated carbocycles. The molecule has 2 aromatic rings. The molecular formula is C23H22ClNO4S2. The summed E-state index contributed by atoms with van der Waals surface area (Å²) >= 11 is 13.1. The minimum Gasteiger partial charge on any atom is -0.494 e. The third-order valence-corrected chi connectivity index (χ3v) is 5.76. The van der Waals surface area contributed by atoms with E-state index in [0.29, 0.717) is 56.8 Å². The molecule has 0 aliphatic carbocycles. The minimum atomic E-state index is -0.194. The molecule has 0 atom stereocenters. The maximum Gasteiger partial charge on any atom is 0.270 e. The van der Waals surface area contributed by atoms with Gasteiger partial charge in [0.2, 0.25) is 0 Å². The SMILES string of the molecule is C=CCOc1c(Cl)cc(/C=C2/SC(=S)N(c3ccc(OCC)cc3)C2=O)cc1OCC. The highest BCUT2D eigenvalue weighted by Gasteiger charge is 2.33. The summed E-state index contributed by atoms with van der Waals surface area (Å²) < 4.78 is 17.2. The number of carbonyl (C=O) groups excluding carboxylic acids is 1. The second kappa shape index (κ2) is 10.7. The zero-order chi connectivity index (χ0) is 22.4. The van der Waals surface area contributed by atoms with Gasteiger partial charge in [0, 0.05) is 0 Å². The molecule has 1 fully saturated rings. The number of nitrogens with zero attached hydrogens (tertiary/aromatic N) is 1. The van der Waals surface area contributed by atoms with Gasteiger partial charge in [-0.3, -0.25) is 9.69 Å². The number of amides is 1. The van der Waals surface area contributed by atoms with Crippen LogP contribution in [0.2, 0.25) is 5.02 Å². The Kier molecular flexibility index (Phi) is 8.01. The number of carbonyl (C=O) groups is 1. The summed E-state index contributed by atoms with van der Waals surface area (Å²) in [6.45, 7) is 8.77. The summed E-state index contributed by atoms with van der Waals surface area (Å²) in [5.74, 6) is 1.50. The third-order valence-electron chi connectivity index (χ3n) is 4.17. The van der Waals surface area contributed by atoms with Crippen molar-refractivity contribution in [2.75, 3.05) is 24.7 Å². The van der Waals surface area contributed by atoms with Crippen molar-refractivity contribution in [2.45, 2.75) is 13.8 Å². The Morgan fingerprint density at radius 3 is 2.48 bits per heavy atom. The topological polar surface area (TPSA) is 48.0 Å². The maximum atomic E-state index is 13.1. The summed E-state index contributed by atoms with van der Waals surface area (Å²) in [5, 5.41) is 0.390. The monoisotopic (exact) mass is 475 g/mol. The fraction of sp³-hybridized carbons (Fsp3) is 0.217. The highest BCUT2D eigenvalue weighted by Crippen LogP contribution is 2.40. The van der Waals surface area contributed by atoms with E-state index in [1.54, 1.807) is 24.3 Å². The molecule has 5 nitrogen and oxygen atoms in total. The van der Waals surface area contributed by atoms with E-state index in [4.69, 9.17) is 38.0 Å². The quantitative estimate of drug-likeness (QED) is 0.248. The highest BCUT2D eigenvalue weighted by molar-refractivity contribution is 8.27. The van der Waals surface area contributed by atoms with Gasteiger partial charge in [-0.2, -0.15) is 0 Å². The van der Waals surface area contributed by atoms with Gasteiger partial charge in [0.15, 0.2) is 15.8 Å². The van der Waals surface area contributed by atoms with E-state index >= 15 is 0 Å². The number of thiocarbonyl (C=S) groups is 1. The predicted octanol–water partition coefficient (Wildman–Crippen LogP) is 6.11. The fourth-order valence-corrected chi connectivity index (χ4v) is 4.49. The van der Waals surface area contributed by atoms with Gasteiger partial charge in [-0.15, -0.1) is 0 Å². The van der Waals surface area contributed by atoms with Crippen LogP contribution < -0.4 is 19.1 Å². The van der Waals surface area contributed by atoms with Crippen LogP contribution in [0.1, 0.15) is 19.4 Å². The molecule has 3 rings (SSSR count). The summed E-state index contributed by atoms with van der Waals surface area (Å²) in [6, 6.07) is 10.8. The van der Waals surface area contributed by atoms with Gasteiger partial charge in [-0.25, -0.2) is 0 Å². The second-order valence-corrected chi connectivity index (χ2v) is 8.39. The maximum absolute atomic E-state index is 13.1. The first kappa shape index (κ1) is 23.2. The molecule has 1 heterocycles. The Morgan fingerprint density at radius 2 is 1.84 bits per heavy atom. The lowest BCUT2D eigenvalue weighted by atomic mass is 10.1. The molecule has 8 heteroatoms. The average Bonchev–Trinajstić information content (AvgIpc) is 3.01. The Morgan fingerprint density at radius 1 is 1.13 bits per heavy atom. The van der Waals surface area contributed by atoms with Crippen molar-refractivity contribution in [3.63, 3.8) is 0 Å². The van der Waals surface area contributed by atoms with E-state index in [0.717, 1.165) is 5.75 Å². The largest absolute Gasteiger partial charge is 0.494 e. The Bertz CT molecular complexity index is 1020. The predicted molar refractivity (Wildman–Crippen MR) is 132 cm³/mol. The van der Waals surface area contributed by atoms with Crippen LogP contribution in [0.4, 0.5) is 5.69 Å². The standard InChI is InChI=1S/C23H22ClNO4S2/c1-4-11-29-21-18(24)12-15(13-19(21)28-6-3)14-20-22(26)25(23(30)31-20)16-7-9-17(10-8-16)27-5-2/h4,7-10,12-14H,1,5-6,11H2,2-3H3/b20-14+. The second-order valence-electron chi connectivity index (χ2n) is 6.31. The lowest BCUT2D eigenvalue weighted by molar-refractivity contribution is -0.113. The van der Waals surface area contributed by atoms with E-state index in [9.17, 15) is 4.79 Å². The van der Waals surface area contributed by atoms with E-state index in [1.807, 2.05) is 38.1 Å². The van der Waals surface area contributed by atoms with Crippen LogP contribution in [0, 0.1) is 0 Å². The van der Waals surface area contributed by atoms with Gasteiger partial charge in [0.25, 0.3) is 5.91 Å². The number of hydrogen-bond acceptors (Lipinski definition) is 6. The van der Waals surface area contributed by atoms with Crippen LogP contribution in [0.15, 0.2) is 54.0 Å². The molecule has 0 bridgehead atoms. The molecule has 0 radical (unpaired) electrons. The van der Waals surface area contributed by atoms with Crippen molar-refractivity contribution in [3.05, 3.63) is 64.5 Å². The van der Waals surface area contributed by atoms with E-state index in [-0.39, 0.29) is 5.91 Å². The third kappa shape index (κ3) is 5.42. The minimum absolute atomic E-state index is 0.194. The number of thioether (sulfide) groups is 1. The van der Waals surface area contributed by atoms with Gasteiger partial charge in [-0.05, 0) is 61.9 Å². The van der Waals surface area contributed by atoms with Gasteiger partial charge >= 0.3 is 0 Å². The van der Waals surface area contributed by atoms with Crippen molar-refractivity contribution < 1.29 is 19.0 Å². The number of hydrogen-bond donors (Lipinski definition) is 0. The summed E-state index contributed by atoms with van der Waals surface area (Å²) in [7, 11) is 0. The van der Waals surface area contributed by atoms with Crippen molar-refractivity contribution >= 4 is 57.6 Å². The molecule has 0 unspecified atom stereocenters. The Balaban J connectivity index is 1.89. The molecule has 1 aliphatic rings. The summed E-state index contributed by atoms with van der Waals surface area (Å²) in [4.78, 5) is 15.1. The lowest BCUT2D eigenvalue weighted by Gasteiger charge is -2.15. The first-order chi connectivity index (χ1) is 15.0. The van der Waals surface area contributed by atoms with E-state index in [2.05, 4.69) is 6.58 Å². The normalized spacial score (nSPS) is 14.8. The molecule has 1 saturated heterocycles. The van der Waals surface area contributed by atoms with Crippen LogP contribution in [0.25, 0.3) is 6.08 Å². The van der Waals surface area contributed by atoms with Crippen LogP contribution in [0.3, 0.4) is 0 Å². The summed E-state index contributed by atoms with van der Waals surface area (Å²) in [5.41, 5.74) is 1.40. The number of rotatable bonds is 9. The molecule has 0 aromatic heterocycles. The number of halogens is 1. The van der Waals surface area contributed by atoms with Crippen LogP contribution in [0.5, 0.6) is 17.2 Å². The highest BCUT2D eigenvalue weighted by atomic mass is 35.5. The first-order valence-corrected chi connectivity index (χ1v) is 11.3. The zero-order valence-electron chi connectivity index (χ0n) is 17.2. The zero-order valence-corrected chi connectivity index (χ0v) is 19.6. The van der Waals surface area contributed by atoms with Crippen molar-refractivity contribution in [1.29, 1.82) is 0 Å². The molecular weight excluding hydrogens is 454 g/mol. The van der Waals surface area contributed by atoms with Crippen molar-refractivity contribution in [2.24, 2.45) is 0 Å². The fourth-order valence-electron chi connectivity index (χ4n) is 2.92. The van der Waals surface area contributed by atoms with Crippen LogP contribution in [-0.2, 0) is 4.79 Å². The van der Waals surface area contributed by atoms with Gasteiger partial charge in [0.05, 0.1) is 28.8 Å².